The molecule has 1 amide bonds. The summed E-state index contributed by atoms with van der Waals surface area (Å²) in [6.07, 6.45) is 3.22. The fourth-order valence-electron chi connectivity index (χ4n) is 3.23. The van der Waals surface area contributed by atoms with Crippen molar-refractivity contribution in [1.82, 2.24) is 10.2 Å². The molecule has 1 fully saturated rings. The third-order valence-corrected chi connectivity index (χ3v) is 5.88. The highest BCUT2D eigenvalue weighted by Gasteiger charge is 2.30. The number of rotatable bonds is 4. The van der Waals surface area contributed by atoms with Gasteiger partial charge in [-0.1, -0.05) is 0 Å². The Balaban J connectivity index is 1.25. The summed E-state index contributed by atoms with van der Waals surface area (Å²) < 4.78 is 5.44. The molecule has 7 heteroatoms. The molecule has 1 aliphatic heterocycles. The van der Waals surface area contributed by atoms with Gasteiger partial charge in [-0.2, -0.15) is 0 Å². The van der Waals surface area contributed by atoms with Gasteiger partial charge in [0.05, 0.1) is 0 Å². The average Bonchev–Trinajstić information content (AvgIpc) is 3.20. The van der Waals surface area contributed by atoms with Crippen LogP contribution in [0.5, 0.6) is 0 Å². The molecule has 0 radical (unpaired) electrons. The van der Waals surface area contributed by atoms with E-state index in [1.165, 1.54) is 10.4 Å². The lowest BCUT2D eigenvalue weighted by molar-refractivity contribution is 0.0988. The van der Waals surface area contributed by atoms with Crippen molar-refractivity contribution in [2.45, 2.75) is 31.7 Å². The van der Waals surface area contributed by atoms with Crippen molar-refractivity contribution in [2.75, 3.05) is 16.8 Å². The van der Waals surface area contributed by atoms with Crippen molar-refractivity contribution in [1.29, 1.82) is 0 Å². The normalized spacial score (nSPS) is 16.4. The number of thiophene rings is 1. The molecular formula is C19H18N4O2S. The molecule has 0 saturated heterocycles. The fraction of sp³-hybridized carbons (Fsp3) is 0.316. The molecule has 1 N–H and O–H groups in total. The molecule has 0 spiro atoms. The van der Waals surface area contributed by atoms with E-state index in [0.717, 1.165) is 43.7 Å². The van der Waals surface area contributed by atoms with Gasteiger partial charge >= 0.3 is 11.8 Å². The summed E-state index contributed by atoms with van der Waals surface area (Å²) in [6.45, 7) is 1.96. The first-order chi connectivity index (χ1) is 12.8. The molecule has 5 rings (SSSR count). The Hall–Kier alpha value is -2.67. The van der Waals surface area contributed by atoms with Crippen LogP contribution in [-0.2, 0) is 13.0 Å². The second-order valence-corrected chi connectivity index (χ2v) is 7.76. The van der Waals surface area contributed by atoms with Crippen molar-refractivity contribution in [3.8, 4) is 0 Å². The first-order valence-electron chi connectivity index (χ1n) is 8.81. The third-order valence-electron chi connectivity index (χ3n) is 4.86. The van der Waals surface area contributed by atoms with E-state index in [1.54, 1.807) is 0 Å². The number of aromatic nitrogens is 2. The van der Waals surface area contributed by atoms with E-state index >= 15 is 0 Å². The molecule has 0 unspecified atom stereocenters. The van der Waals surface area contributed by atoms with Gasteiger partial charge in [0, 0.05) is 35.3 Å². The van der Waals surface area contributed by atoms with Crippen LogP contribution < -0.4 is 10.2 Å². The maximum atomic E-state index is 12.2. The second kappa shape index (κ2) is 6.25. The number of hydrogen-bond acceptors (Lipinski definition) is 6. The summed E-state index contributed by atoms with van der Waals surface area (Å²) in [4.78, 5) is 16.1. The molecule has 1 saturated carbocycles. The molecular weight excluding hydrogens is 348 g/mol. The van der Waals surface area contributed by atoms with Gasteiger partial charge < -0.3 is 14.6 Å². The smallest absolute Gasteiger partial charge is 0.313 e. The lowest BCUT2D eigenvalue weighted by Crippen LogP contribution is -2.29. The standard InChI is InChI=1S/C19H18N4O2S/c24-17(19-22-21-18(25-19)12-1-2-12)20-14-3-5-15(6-4-14)23-9-7-16-13(11-23)8-10-26-16/h3-6,8,10,12H,1-2,7,9,11H2,(H,20,24). The average molecular weight is 366 g/mol. The van der Waals surface area contributed by atoms with E-state index in [9.17, 15) is 4.79 Å². The van der Waals surface area contributed by atoms with Gasteiger partial charge in [-0.25, -0.2) is 0 Å². The molecule has 2 aromatic heterocycles. The quantitative estimate of drug-likeness (QED) is 0.760. The lowest BCUT2D eigenvalue weighted by atomic mass is 10.1. The first-order valence-corrected chi connectivity index (χ1v) is 9.69. The molecule has 0 bridgehead atoms. The maximum Gasteiger partial charge on any atom is 0.313 e. The van der Waals surface area contributed by atoms with E-state index in [-0.39, 0.29) is 11.8 Å². The summed E-state index contributed by atoms with van der Waals surface area (Å²) in [6, 6.07) is 10.1. The number of anilines is 2. The fourth-order valence-corrected chi connectivity index (χ4v) is 4.12. The number of hydrogen-bond donors (Lipinski definition) is 1. The monoisotopic (exact) mass is 366 g/mol. The zero-order valence-electron chi connectivity index (χ0n) is 14.1. The van der Waals surface area contributed by atoms with Crippen molar-refractivity contribution in [3.63, 3.8) is 0 Å². The van der Waals surface area contributed by atoms with Crippen LogP contribution in [0.3, 0.4) is 0 Å². The topological polar surface area (TPSA) is 71.3 Å². The van der Waals surface area contributed by atoms with Gasteiger partial charge in [0.2, 0.25) is 5.89 Å². The van der Waals surface area contributed by atoms with Crippen LogP contribution in [-0.4, -0.2) is 22.6 Å². The SMILES string of the molecule is O=C(Nc1ccc(N2CCc3sccc3C2)cc1)c1nnc(C2CC2)o1. The molecule has 132 valence electrons. The van der Waals surface area contributed by atoms with Gasteiger partial charge in [0.25, 0.3) is 0 Å². The summed E-state index contributed by atoms with van der Waals surface area (Å²) in [5.74, 6) is 0.579. The number of fused-ring (bicyclic) bond motifs is 1. The maximum absolute atomic E-state index is 12.2. The molecule has 0 atom stereocenters. The van der Waals surface area contributed by atoms with Crippen LogP contribution in [0.2, 0.25) is 0 Å². The van der Waals surface area contributed by atoms with E-state index in [1.807, 2.05) is 35.6 Å². The Morgan fingerprint density at radius 3 is 2.85 bits per heavy atom. The number of carbonyl (C=O) groups excluding carboxylic acids is 1. The second-order valence-electron chi connectivity index (χ2n) is 6.76. The van der Waals surface area contributed by atoms with E-state index < -0.39 is 0 Å². The Morgan fingerprint density at radius 1 is 1.19 bits per heavy atom. The van der Waals surface area contributed by atoms with Crippen LogP contribution in [0.25, 0.3) is 0 Å². The lowest BCUT2D eigenvalue weighted by Gasteiger charge is -2.29. The Bertz CT molecular complexity index is 943. The van der Waals surface area contributed by atoms with Crippen LogP contribution in [0.15, 0.2) is 40.1 Å². The number of nitrogens with one attached hydrogen (secondary N) is 1. The number of amides is 1. The molecule has 1 aliphatic carbocycles. The summed E-state index contributed by atoms with van der Waals surface area (Å²) in [5, 5.41) is 12.8. The summed E-state index contributed by atoms with van der Waals surface area (Å²) >= 11 is 1.84. The van der Waals surface area contributed by atoms with Crippen molar-refractivity contribution < 1.29 is 9.21 Å². The Morgan fingerprint density at radius 2 is 2.04 bits per heavy atom. The minimum atomic E-state index is -0.363. The predicted molar refractivity (Wildman–Crippen MR) is 99.7 cm³/mol. The van der Waals surface area contributed by atoms with Gasteiger partial charge in [-0.05, 0) is 60.5 Å². The van der Waals surface area contributed by atoms with Crippen LogP contribution in [0.4, 0.5) is 11.4 Å². The van der Waals surface area contributed by atoms with Gasteiger partial charge in [-0.3, -0.25) is 4.79 Å². The van der Waals surface area contributed by atoms with Gasteiger partial charge in [0.1, 0.15) is 0 Å². The Labute approximate surface area is 154 Å². The molecule has 3 aromatic rings. The molecule has 3 heterocycles. The first kappa shape index (κ1) is 15.6. The molecule has 26 heavy (non-hydrogen) atoms. The van der Waals surface area contributed by atoms with Crippen molar-refractivity contribution in [2.24, 2.45) is 0 Å². The van der Waals surface area contributed by atoms with E-state index in [0.29, 0.717) is 11.8 Å². The predicted octanol–water partition coefficient (Wildman–Crippen LogP) is 3.82. The largest absolute Gasteiger partial charge is 0.417 e. The minimum Gasteiger partial charge on any atom is -0.417 e. The van der Waals surface area contributed by atoms with E-state index in [2.05, 4.69) is 31.9 Å². The van der Waals surface area contributed by atoms with Crippen LogP contribution >= 0.6 is 11.3 Å². The number of nitrogens with zero attached hydrogens (tertiary/aromatic N) is 3. The highest BCUT2D eigenvalue weighted by Crippen LogP contribution is 2.39. The zero-order valence-corrected chi connectivity index (χ0v) is 15.0. The van der Waals surface area contributed by atoms with Gasteiger partial charge in [0.15, 0.2) is 0 Å². The zero-order chi connectivity index (χ0) is 17.5. The third kappa shape index (κ3) is 2.99. The molecule has 1 aromatic carbocycles. The van der Waals surface area contributed by atoms with Crippen molar-refractivity contribution in [3.05, 3.63) is 57.9 Å². The van der Waals surface area contributed by atoms with E-state index in [4.69, 9.17) is 4.42 Å². The number of benzene rings is 1. The highest BCUT2D eigenvalue weighted by molar-refractivity contribution is 7.10. The summed E-state index contributed by atoms with van der Waals surface area (Å²) in [5.41, 5.74) is 3.30. The molecule has 2 aliphatic rings. The Kier molecular flexibility index (Phi) is 3.74. The van der Waals surface area contributed by atoms with Crippen LogP contribution in [0, 0.1) is 0 Å². The molecule has 6 nitrogen and oxygen atoms in total. The highest BCUT2D eigenvalue weighted by atomic mass is 32.1. The number of carbonyl (C=O) groups is 1. The van der Waals surface area contributed by atoms with Gasteiger partial charge in [-0.15, -0.1) is 21.5 Å². The minimum absolute atomic E-state index is 0.0250. The summed E-state index contributed by atoms with van der Waals surface area (Å²) in [7, 11) is 0. The van der Waals surface area contributed by atoms with Crippen molar-refractivity contribution >= 4 is 28.6 Å². The van der Waals surface area contributed by atoms with Crippen LogP contribution in [0.1, 0.15) is 45.8 Å².